The molecule has 6 nitrogen and oxygen atoms in total. The van der Waals surface area contributed by atoms with Crippen LogP contribution in [0.15, 0.2) is 23.1 Å². The predicted octanol–water partition coefficient (Wildman–Crippen LogP) is 3.53. The van der Waals surface area contributed by atoms with Gasteiger partial charge in [0.05, 0.1) is 23.5 Å². The topological polar surface area (TPSA) is 68.2 Å². The zero-order valence-corrected chi connectivity index (χ0v) is 17.1. The summed E-state index contributed by atoms with van der Waals surface area (Å²) in [5.41, 5.74) is 3.90. The SMILES string of the molecule is Cc1cnc(SC[C@H]2CCCO2)nc1[C@H]1CCCN(C(=O)c2cncs2)C1. The molecule has 0 spiro atoms. The molecule has 27 heavy (non-hydrogen) atoms. The molecule has 4 rings (SSSR count). The van der Waals surface area contributed by atoms with Gasteiger partial charge in [-0.2, -0.15) is 0 Å². The Kier molecular flexibility index (Phi) is 6.04. The van der Waals surface area contributed by atoms with Gasteiger partial charge in [0.1, 0.15) is 4.88 Å². The lowest BCUT2D eigenvalue weighted by Gasteiger charge is -2.32. The summed E-state index contributed by atoms with van der Waals surface area (Å²) in [6.07, 6.45) is 8.23. The third kappa shape index (κ3) is 4.50. The van der Waals surface area contributed by atoms with Crippen molar-refractivity contribution >= 4 is 29.0 Å². The van der Waals surface area contributed by atoms with Crippen LogP contribution >= 0.6 is 23.1 Å². The van der Waals surface area contributed by atoms with Gasteiger partial charge >= 0.3 is 0 Å². The van der Waals surface area contributed by atoms with E-state index in [1.54, 1.807) is 23.5 Å². The van der Waals surface area contributed by atoms with E-state index in [4.69, 9.17) is 9.72 Å². The van der Waals surface area contributed by atoms with Crippen molar-refractivity contribution in [1.29, 1.82) is 0 Å². The number of nitrogens with zero attached hydrogens (tertiary/aromatic N) is 4. The maximum absolute atomic E-state index is 12.7. The zero-order chi connectivity index (χ0) is 18.6. The zero-order valence-electron chi connectivity index (χ0n) is 15.5. The van der Waals surface area contributed by atoms with E-state index in [1.165, 1.54) is 11.3 Å². The summed E-state index contributed by atoms with van der Waals surface area (Å²) in [5.74, 6) is 1.26. The minimum Gasteiger partial charge on any atom is -0.377 e. The lowest BCUT2D eigenvalue weighted by atomic mass is 9.92. The maximum Gasteiger partial charge on any atom is 0.265 e. The number of aromatic nitrogens is 3. The number of thioether (sulfide) groups is 1. The van der Waals surface area contributed by atoms with E-state index >= 15 is 0 Å². The van der Waals surface area contributed by atoms with Crippen molar-refractivity contribution < 1.29 is 9.53 Å². The number of rotatable bonds is 5. The fourth-order valence-corrected chi connectivity index (χ4v) is 5.20. The van der Waals surface area contributed by atoms with Gasteiger partial charge in [-0.3, -0.25) is 9.78 Å². The molecule has 2 aromatic heterocycles. The first kappa shape index (κ1) is 18.8. The number of piperidine rings is 1. The van der Waals surface area contributed by atoms with Crippen LogP contribution in [0.5, 0.6) is 0 Å². The van der Waals surface area contributed by atoms with Crippen molar-refractivity contribution in [3.63, 3.8) is 0 Å². The van der Waals surface area contributed by atoms with E-state index in [0.717, 1.165) is 61.0 Å². The average Bonchev–Trinajstić information content (AvgIpc) is 3.41. The van der Waals surface area contributed by atoms with Crippen LogP contribution in [0, 0.1) is 6.92 Å². The predicted molar refractivity (Wildman–Crippen MR) is 106 cm³/mol. The second-order valence-corrected chi connectivity index (χ2v) is 9.00. The first-order valence-corrected chi connectivity index (χ1v) is 11.3. The Balaban J connectivity index is 1.44. The second-order valence-electron chi connectivity index (χ2n) is 7.12. The highest BCUT2D eigenvalue weighted by atomic mass is 32.2. The molecule has 0 N–H and O–H groups in total. The molecule has 8 heteroatoms. The standard InChI is InChI=1S/C19H24N4O2S2/c1-13-8-21-19(26-11-15-5-3-7-25-15)22-17(13)14-4-2-6-23(10-14)18(24)16-9-20-12-27-16/h8-9,12,14-15H,2-7,10-11H2,1H3/t14-,15+/m0/s1. The molecule has 0 bridgehead atoms. The summed E-state index contributed by atoms with van der Waals surface area (Å²) in [7, 11) is 0. The molecular weight excluding hydrogens is 380 g/mol. The Morgan fingerprint density at radius 3 is 3.07 bits per heavy atom. The van der Waals surface area contributed by atoms with Crippen LogP contribution in [0.4, 0.5) is 0 Å². The summed E-state index contributed by atoms with van der Waals surface area (Å²) in [6.45, 7) is 4.45. The number of likely N-dealkylation sites (tertiary alicyclic amines) is 1. The molecule has 2 fully saturated rings. The average molecular weight is 405 g/mol. The molecule has 2 aliphatic rings. The Bertz CT molecular complexity index is 778. The van der Waals surface area contributed by atoms with Crippen LogP contribution < -0.4 is 0 Å². The molecule has 0 aromatic carbocycles. The Labute approximate surface area is 167 Å². The quantitative estimate of drug-likeness (QED) is 0.561. The number of hydrogen-bond donors (Lipinski definition) is 0. The van der Waals surface area contributed by atoms with Crippen molar-refractivity contribution in [3.05, 3.63) is 34.0 Å². The fraction of sp³-hybridized carbons (Fsp3) is 0.579. The van der Waals surface area contributed by atoms with Crippen molar-refractivity contribution in [3.8, 4) is 0 Å². The number of amides is 1. The van der Waals surface area contributed by atoms with Gasteiger partial charge in [0.25, 0.3) is 5.91 Å². The molecule has 2 aliphatic heterocycles. The van der Waals surface area contributed by atoms with Crippen LogP contribution in [-0.2, 0) is 4.74 Å². The van der Waals surface area contributed by atoms with Crippen LogP contribution in [0.2, 0.25) is 0 Å². The smallest absolute Gasteiger partial charge is 0.265 e. The minimum absolute atomic E-state index is 0.0851. The summed E-state index contributed by atoms with van der Waals surface area (Å²) in [4.78, 5) is 28.7. The highest BCUT2D eigenvalue weighted by Crippen LogP contribution is 2.30. The highest BCUT2D eigenvalue weighted by Gasteiger charge is 2.28. The molecule has 4 heterocycles. The van der Waals surface area contributed by atoms with Crippen LogP contribution in [0.3, 0.4) is 0 Å². The monoisotopic (exact) mass is 404 g/mol. The van der Waals surface area contributed by atoms with Crippen LogP contribution in [-0.4, -0.2) is 57.3 Å². The molecule has 0 saturated carbocycles. The van der Waals surface area contributed by atoms with Crippen molar-refractivity contribution in [2.45, 2.75) is 49.8 Å². The normalized spacial score (nSPS) is 22.9. The van der Waals surface area contributed by atoms with E-state index in [2.05, 4.69) is 16.9 Å². The Hall–Kier alpha value is -1.51. The van der Waals surface area contributed by atoms with Gasteiger partial charge in [0.15, 0.2) is 5.16 Å². The molecule has 2 saturated heterocycles. The number of ether oxygens (including phenoxy) is 1. The van der Waals surface area contributed by atoms with Crippen molar-refractivity contribution in [2.24, 2.45) is 0 Å². The summed E-state index contributed by atoms with van der Waals surface area (Å²) >= 11 is 3.08. The van der Waals surface area contributed by atoms with Crippen LogP contribution in [0.25, 0.3) is 0 Å². The lowest BCUT2D eigenvalue weighted by molar-refractivity contribution is 0.0710. The van der Waals surface area contributed by atoms with Gasteiger partial charge in [0.2, 0.25) is 0 Å². The molecule has 2 atom stereocenters. The van der Waals surface area contributed by atoms with Crippen molar-refractivity contribution in [2.75, 3.05) is 25.4 Å². The third-order valence-corrected chi connectivity index (χ3v) is 6.90. The molecule has 2 aromatic rings. The third-order valence-electron chi connectivity index (χ3n) is 5.15. The van der Waals surface area contributed by atoms with E-state index < -0.39 is 0 Å². The second kappa shape index (κ2) is 8.67. The van der Waals surface area contributed by atoms with Gasteiger partial charge < -0.3 is 9.64 Å². The van der Waals surface area contributed by atoms with Gasteiger partial charge in [-0.05, 0) is 38.2 Å². The highest BCUT2D eigenvalue weighted by molar-refractivity contribution is 7.99. The van der Waals surface area contributed by atoms with Gasteiger partial charge in [-0.15, -0.1) is 11.3 Å². The van der Waals surface area contributed by atoms with Gasteiger partial charge in [-0.1, -0.05) is 11.8 Å². The fourth-order valence-electron chi connectivity index (χ4n) is 3.73. The van der Waals surface area contributed by atoms with E-state index in [1.807, 2.05) is 11.1 Å². The molecule has 0 unspecified atom stereocenters. The van der Waals surface area contributed by atoms with Crippen molar-refractivity contribution in [1.82, 2.24) is 19.9 Å². The lowest BCUT2D eigenvalue weighted by Crippen LogP contribution is -2.39. The number of hydrogen-bond acceptors (Lipinski definition) is 7. The molecule has 0 aliphatic carbocycles. The van der Waals surface area contributed by atoms with E-state index in [9.17, 15) is 4.79 Å². The first-order valence-electron chi connectivity index (χ1n) is 9.46. The largest absolute Gasteiger partial charge is 0.377 e. The Morgan fingerprint density at radius 1 is 1.37 bits per heavy atom. The number of thiazole rings is 1. The van der Waals surface area contributed by atoms with E-state index in [-0.39, 0.29) is 11.8 Å². The van der Waals surface area contributed by atoms with Gasteiger partial charge in [-0.25, -0.2) is 9.97 Å². The minimum atomic E-state index is 0.0851. The summed E-state index contributed by atoms with van der Waals surface area (Å²) in [5, 5.41) is 0.817. The Morgan fingerprint density at radius 2 is 2.30 bits per heavy atom. The number of carbonyl (C=O) groups is 1. The summed E-state index contributed by atoms with van der Waals surface area (Å²) in [6, 6.07) is 0. The molecular formula is C19H24N4O2S2. The number of carbonyl (C=O) groups excluding carboxylic acids is 1. The van der Waals surface area contributed by atoms with Crippen LogP contribution in [0.1, 0.15) is 52.5 Å². The molecule has 144 valence electrons. The molecule has 0 radical (unpaired) electrons. The summed E-state index contributed by atoms with van der Waals surface area (Å²) < 4.78 is 5.70. The number of aryl methyl sites for hydroxylation is 1. The van der Waals surface area contributed by atoms with E-state index in [0.29, 0.717) is 17.5 Å². The van der Waals surface area contributed by atoms with Gasteiger partial charge in [0, 0.05) is 37.6 Å². The maximum atomic E-state index is 12.7. The first-order chi connectivity index (χ1) is 13.2. The molecule has 1 amide bonds.